The van der Waals surface area contributed by atoms with E-state index in [1.165, 1.54) is 12.1 Å². The molecule has 2 rings (SSSR count). The van der Waals surface area contributed by atoms with Gasteiger partial charge < -0.3 is 10.0 Å². The summed E-state index contributed by atoms with van der Waals surface area (Å²) in [6.07, 6.45) is 3.33. The summed E-state index contributed by atoms with van der Waals surface area (Å²) < 4.78 is 0. The molecule has 0 saturated carbocycles. The number of amides is 1. The predicted octanol–water partition coefficient (Wildman–Crippen LogP) is 2.92. The highest BCUT2D eigenvalue weighted by Crippen LogP contribution is 2.28. The zero-order chi connectivity index (χ0) is 17.0. The Kier molecular flexibility index (Phi) is 4.90. The van der Waals surface area contributed by atoms with Gasteiger partial charge in [0.25, 0.3) is 11.6 Å². The van der Waals surface area contributed by atoms with Crippen LogP contribution in [0.15, 0.2) is 42.7 Å². The van der Waals surface area contributed by atoms with Gasteiger partial charge in [-0.1, -0.05) is 6.07 Å². The van der Waals surface area contributed by atoms with Gasteiger partial charge in [-0.2, -0.15) is 0 Å². The first kappa shape index (κ1) is 16.4. The van der Waals surface area contributed by atoms with E-state index in [0.717, 1.165) is 11.6 Å². The number of aromatic nitrogens is 1. The summed E-state index contributed by atoms with van der Waals surface area (Å²) >= 11 is 0. The molecule has 7 nitrogen and oxygen atoms in total. The van der Waals surface area contributed by atoms with Crippen molar-refractivity contribution in [2.45, 2.75) is 19.9 Å². The molecular weight excluding hydrogens is 298 g/mol. The predicted molar refractivity (Wildman–Crippen MR) is 84.1 cm³/mol. The summed E-state index contributed by atoms with van der Waals surface area (Å²) in [6.45, 7) is 4.11. The molecule has 1 aromatic heterocycles. The molecule has 0 aliphatic heterocycles. The van der Waals surface area contributed by atoms with Crippen molar-refractivity contribution in [1.82, 2.24) is 9.88 Å². The second-order valence-corrected chi connectivity index (χ2v) is 5.01. The molecule has 0 fully saturated rings. The van der Waals surface area contributed by atoms with E-state index < -0.39 is 16.6 Å². The molecule has 1 heterocycles. The van der Waals surface area contributed by atoms with Crippen LogP contribution in [0.5, 0.6) is 5.75 Å². The van der Waals surface area contributed by atoms with Gasteiger partial charge in [0.05, 0.1) is 22.6 Å². The summed E-state index contributed by atoms with van der Waals surface area (Å²) in [4.78, 5) is 28.4. The van der Waals surface area contributed by atoms with Crippen molar-refractivity contribution in [3.05, 3.63) is 64.0 Å². The average molecular weight is 315 g/mol. The van der Waals surface area contributed by atoms with Crippen molar-refractivity contribution in [3.63, 3.8) is 0 Å². The van der Waals surface area contributed by atoms with Crippen molar-refractivity contribution in [2.75, 3.05) is 6.54 Å². The second-order valence-electron chi connectivity index (χ2n) is 5.01. The third-order valence-electron chi connectivity index (χ3n) is 3.66. The smallest absolute Gasteiger partial charge is 0.273 e. The van der Waals surface area contributed by atoms with Gasteiger partial charge in [-0.05, 0) is 31.5 Å². The number of phenolic OH excluding ortho intramolecular Hbond substituents is 1. The van der Waals surface area contributed by atoms with Crippen LogP contribution in [0.2, 0.25) is 0 Å². The fraction of sp³-hybridized carbons (Fsp3) is 0.250. The molecule has 0 aliphatic rings. The number of nitro benzene ring substituents is 1. The number of nitro groups is 1. The fourth-order valence-electron chi connectivity index (χ4n) is 2.37. The number of carbonyl (C=O) groups is 1. The Morgan fingerprint density at radius 1 is 1.43 bits per heavy atom. The van der Waals surface area contributed by atoms with Gasteiger partial charge in [0, 0.05) is 25.0 Å². The lowest BCUT2D eigenvalue weighted by molar-refractivity contribution is -0.384. The normalized spacial score (nSPS) is 11.7. The van der Waals surface area contributed by atoms with Crippen molar-refractivity contribution in [1.29, 1.82) is 0 Å². The Hall–Kier alpha value is -2.96. The molecule has 1 amide bonds. The summed E-state index contributed by atoms with van der Waals surface area (Å²) in [5.41, 5.74) is 0.639. The van der Waals surface area contributed by atoms with Gasteiger partial charge in [-0.3, -0.25) is 19.9 Å². The molecule has 1 atom stereocenters. The number of hydrogen-bond acceptors (Lipinski definition) is 5. The lowest BCUT2D eigenvalue weighted by Crippen LogP contribution is -2.33. The monoisotopic (exact) mass is 315 g/mol. The van der Waals surface area contributed by atoms with E-state index in [-0.39, 0.29) is 17.3 Å². The minimum atomic E-state index is -0.621. The number of nitrogens with zero attached hydrogens (tertiary/aromatic N) is 3. The third-order valence-corrected chi connectivity index (χ3v) is 3.66. The lowest BCUT2D eigenvalue weighted by atomic mass is 10.1. The fourth-order valence-corrected chi connectivity index (χ4v) is 2.37. The van der Waals surface area contributed by atoms with E-state index in [1.54, 1.807) is 23.4 Å². The van der Waals surface area contributed by atoms with Gasteiger partial charge in [0.1, 0.15) is 5.75 Å². The Balaban J connectivity index is 2.32. The van der Waals surface area contributed by atoms with Crippen LogP contribution in [0.25, 0.3) is 0 Å². The van der Waals surface area contributed by atoms with Crippen molar-refractivity contribution in [2.24, 2.45) is 0 Å². The van der Waals surface area contributed by atoms with E-state index in [1.807, 2.05) is 19.9 Å². The van der Waals surface area contributed by atoms with E-state index >= 15 is 0 Å². The topological polar surface area (TPSA) is 96.6 Å². The van der Waals surface area contributed by atoms with Gasteiger partial charge in [-0.25, -0.2) is 0 Å². The van der Waals surface area contributed by atoms with E-state index in [4.69, 9.17) is 0 Å². The number of hydrogen-bond donors (Lipinski definition) is 1. The van der Waals surface area contributed by atoms with Gasteiger partial charge in [0.2, 0.25) is 0 Å². The average Bonchev–Trinajstić information content (AvgIpc) is 2.55. The number of pyridine rings is 1. The molecule has 0 bridgehead atoms. The van der Waals surface area contributed by atoms with Crippen LogP contribution in [0, 0.1) is 10.1 Å². The maximum atomic E-state index is 12.7. The summed E-state index contributed by atoms with van der Waals surface area (Å²) in [5.74, 6) is -0.794. The van der Waals surface area contributed by atoms with Crippen LogP contribution < -0.4 is 0 Å². The summed E-state index contributed by atoms with van der Waals surface area (Å²) in [6, 6.07) is 6.87. The highest BCUT2D eigenvalue weighted by Gasteiger charge is 2.24. The number of benzene rings is 1. The Bertz CT molecular complexity index is 719. The molecule has 0 unspecified atom stereocenters. The molecule has 7 heteroatoms. The van der Waals surface area contributed by atoms with Crippen LogP contribution in [0.3, 0.4) is 0 Å². The quantitative estimate of drug-likeness (QED) is 0.676. The molecule has 2 aromatic rings. The lowest BCUT2D eigenvalue weighted by Gasteiger charge is -2.28. The van der Waals surface area contributed by atoms with Crippen LogP contribution in [0.4, 0.5) is 5.69 Å². The minimum absolute atomic E-state index is 0.0354. The Morgan fingerprint density at radius 2 is 2.17 bits per heavy atom. The summed E-state index contributed by atoms with van der Waals surface area (Å²) in [5, 5.41) is 20.7. The Labute approximate surface area is 133 Å². The van der Waals surface area contributed by atoms with Crippen molar-refractivity contribution >= 4 is 11.6 Å². The molecule has 1 aromatic carbocycles. The molecule has 120 valence electrons. The SMILES string of the molecule is CCN(C(=O)c1ccc([N+](=O)[O-])cc1O)[C@@H](C)c1cccnc1. The number of rotatable bonds is 5. The molecule has 0 spiro atoms. The third kappa shape index (κ3) is 3.45. The maximum absolute atomic E-state index is 12.7. The van der Waals surface area contributed by atoms with E-state index in [0.29, 0.717) is 6.54 Å². The van der Waals surface area contributed by atoms with Crippen molar-refractivity contribution < 1.29 is 14.8 Å². The standard InChI is InChI=1S/C16H17N3O4/c1-3-18(11(2)12-5-4-8-17-10-12)16(21)14-7-6-13(19(22)23)9-15(14)20/h4-11,20H,3H2,1-2H3/t11-/m0/s1. The first-order valence-electron chi connectivity index (χ1n) is 7.14. The Morgan fingerprint density at radius 3 is 2.70 bits per heavy atom. The van der Waals surface area contributed by atoms with Crippen LogP contribution in [0.1, 0.15) is 35.8 Å². The molecule has 0 aliphatic carbocycles. The molecule has 0 saturated heterocycles. The first-order valence-corrected chi connectivity index (χ1v) is 7.14. The van der Waals surface area contributed by atoms with Gasteiger partial charge >= 0.3 is 0 Å². The van der Waals surface area contributed by atoms with Crippen LogP contribution >= 0.6 is 0 Å². The molecule has 1 N–H and O–H groups in total. The van der Waals surface area contributed by atoms with Crippen LogP contribution in [-0.4, -0.2) is 32.4 Å². The summed E-state index contributed by atoms with van der Waals surface area (Å²) in [7, 11) is 0. The maximum Gasteiger partial charge on any atom is 0.273 e. The molecule has 23 heavy (non-hydrogen) atoms. The van der Waals surface area contributed by atoms with Gasteiger partial charge in [-0.15, -0.1) is 0 Å². The van der Waals surface area contributed by atoms with E-state index in [9.17, 15) is 20.0 Å². The highest BCUT2D eigenvalue weighted by atomic mass is 16.6. The number of phenols is 1. The van der Waals surface area contributed by atoms with Gasteiger partial charge in [0.15, 0.2) is 0 Å². The number of aromatic hydroxyl groups is 1. The second kappa shape index (κ2) is 6.87. The zero-order valence-corrected chi connectivity index (χ0v) is 12.8. The van der Waals surface area contributed by atoms with E-state index in [2.05, 4.69) is 4.98 Å². The first-order chi connectivity index (χ1) is 11.0. The number of non-ortho nitro benzene ring substituents is 1. The highest BCUT2D eigenvalue weighted by molar-refractivity contribution is 5.97. The number of carbonyl (C=O) groups excluding carboxylic acids is 1. The minimum Gasteiger partial charge on any atom is -0.507 e. The zero-order valence-electron chi connectivity index (χ0n) is 12.8. The van der Waals surface area contributed by atoms with Crippen molar-refractivity contribution in [3.8, 4) is 5.75 Å². The molecule has 0 radical (unpaired) electrons. The largest absolute Gasteiger partial charge is 0.507 e. The van der Waals surface area contributed by atoms with Crippen LogP contribution in [-0.2, 0) is 0 Å². The molecular formula is C16H17N3O4.